The molecule has 4 N–H and O–H groups in total. The van der Waals surface area contributed by atoms with Crippen molar-refractivity contribution in [3.63, 3.8) is 0 Å². The molecule has 2 heterocycles. The third-order valence-electron chi connectivity index (χ3n) is 4.66. The van der Waals surface area contributed by atoms with Gasteiger partial charge in [0.1, 0.15) is 0 Å². The molecule has 0 radical (unpaired) electrons. The topological polar surface area (TPSA) is 122 Å². The van der Waals surface area contributed by atoms with Crippen molar-refractivity contribution in [2.75, 3.05) is 5.01 Å². The van der Waals surface area contributed by atoms with E-state index in [-0.39, 0.29) is 17.5 Å². The van der Waals surface area contributed by atoms with Crippen LogP contribution in [-0.4, -0.2) is 43.6 Å². The number of aliphatic carboxylic acids is 1. The van der Waals surface area contributed by atoms with E-state index in [1.165, 1.54) is 22.2 Å². The predicted molar refractivity (Wildman–Crippen MR) is 80.6 cm³/mol. The van der Waals surface area contributed by atoms with Crippen LogP contribution in [0, 0.1) is 5.92 Å². The molecule has 4 rings (SSSR count). The molecule has 0 spiro atoms. The highest BCUT2D eigenvalue weighted by atomic mass is 16.4. The van der Waals surface area contributed by atoms with E-state index in [1.807, 2.05) is 0 Å². The van der Waals surface area contributed by atoms with Gasteiger partial charge in [-0.1, -0.05) is 12.1 Å². The van der Waals surface area contributed by atoms with Crippen LogP contribution in [0.25, 0.3) is 0 Å². The molecule has 8 heteroatoms. The van der Waals surface area contributed by atoms with E-state index >= 15 is 0 Å². The fourth-order valence-electron chi connectivity index (χ4n) is 3.67. The van der Waals surface area contributed by atoms with E-state index < -0.39 is 30.3 Å². The fraction of sp³-hybridized carbons (Fsp3) is 0.250. The maximum atomic E-state index is 11.5. The summed E-state index contributed by atoms with van der Waals surface area (Å²) in [6.07, 6.45) is 0.984. The number of hydrazine groups is 1. The normalized spacial score (nSPS) is 27.2. The van der Waals surface area contributed by atoms with Gasteiger partial charge < -0.3 is 20.4 Å². The molecule has 1 aromatic rings. The van der Waals surface area contributed by atoms with Crippen molar-refractivity contribution >= 4 is 17.6 Å². The minimum atomic E-state index is -1.31. The SMILES string of the molecule is O=C(O)c1cccc2c1C(O)N1C3=C(C(C(=O)O)CC=C3)C(O)N21. The number of nitrogens with zero attached hydrogens (tertiary/aromatic N) is 2. The molecule has 3 atom stereocenters. The van der Waals surface area contributed by atoms with E-state index in [1.54, 1.807) is 18.2 Å². The summed E-state index contributed by atoms with van der Waals surface area (Å²) in [4.78, 5) is 22.9. The van der Waals surface area contributed by atoms with Crippen molar-refractivity contribution < 1.29 is 30.0 Å². The lowest BCUT2D eigenvalue weighted by Gasteiger charge is -2.29. The van der Waals surface area contributed by atoms with Gasteiger partial charge in [0.05, 0.1) is 22.9 Å². The first kappa shape index (κ1) is 14.7. The van der Waals surface area contributed by atoms with Crippen molar-refractivity contribution in [2.45, 2.75) is 18.9 Å². The number of fused-ring (bicyclic) bond motifs is 4. The zero-order chi connectivity index (χ0) is 17.2. The number of aliphatic hydroxyl groups excluding tert-OH is 2. The molecule has 0 aromatic heterocycles. The van der Waals surface area contributed by atoms with E-state index in [2.05, 4.69) is 0 Å². The average molecular weight is 330 g/mol. The van der Waals surface area contributed by atoms with Gasteiger partial charge in [0, 0.05) is 11.1 Å². The standard InChI is InChI=1S/C16H14N2O6/c19-13-11-7(15(21)22)3-1-5-9(11)17-14(20)12-8(16(23)24)4-2-6-10(12)18(13)17/h1-3,5-6,8,13-14,19-20H,4H2,(H,21,22)(H,23,24). The van der Waals surface area contributed by atoms with Crippen LogP contribution in [0.3, 0.4) is 0 Å². The molecule has 24 heavy (non-hydrogen) atoms. The van der Waals surface area contributed by atoms with Crippen molar-refractivity contribution in [3.8, 4) is 0 Å². The number of allylic oxidation sites excluding steroid dienone is 2. The summed E-state index contributed by atoms with van der Waals surface area (Å²) in [6, 6.07) is 4.49. The Kier molecular flexibility index (Phi) is 2.96. The molecule has 0 saturated heterocycles. The number of hydrogen-bond acceptors (Lipinski definition) is 6. The van der Waals surface area contributed by atoms with Gasteiger partial charge in [0.2, 0.25) is 0 Å². The maximum Gasteiger partial charge on any atom is 0.336 e. The van der Waals surface area contributed by atoms with Gasteiger partial charge in [0.25, 0.3) is 0 Å². The molecule has 2 aliphatic heterocycles. The Labute approximate surface area is 136 Å². The van der Waals surface area contributed by atoms with Crippen LogP contribution in [-0.2, 0) is 4.79 Å². The second-order valence-corrected chi connectivity index (χ2v) is 5.85. The Morgan fingerprint density at radius 3 is 2.50 bits per heavy atom. The monoisotopic (exact) mass is 330 g/mol. The molecule has 1 aliphatic carbocycles. The lowest BCUT2D eigenvalue weighted by Crippen LogP contribution is -2.40. The van der Waals surface area contributed by atoms with Crippen molar-refractivity contribution in [3.05, 3.63) is 52.7 Å². The van der Waals surface area contributed by atoms with E-state index in [9.17, 15) is 30.0 Å². The second kappa shape index (κ2) is 4.83. The Morgan fingerprint density at radius 1 is 1.08 bits per heavy atom. The second-order valence-electron chi connectivity index (χ2n) is 5.85. The molecule has 0 bridgehead atoms. The summed E-state index contributed by atoms with van der Waals surface area (Å²) < 4.78 is 0. The number of carboxylic acids is 2. The molecule has 8 nitrogen and oxygen atoms in total. The quantitative estimate of drug-likeness (QED) is 0.624. The van der Waals surface area contributed by atoms with Crippen LogP contribution in [0.4, 0.5) is 5.69 Å². The average Bonchev–Trinajstić information content (AvgIpc) is 3.02. The first-order valence-electron chi connectivity index (χ1n) is 7.37. The Balaban J connectivity index is 1.88. The van der Waals surface area contributed by atoms with E-state index in [0.29, 0.717) is 17.0 Å². The molecular weight excluding hydrogens is 316 g/mol. The molecule has 3 aliphatic rings. The van der Waals surface area contributed by atoms with Crippen LogP contribution in [0.5, 0.6) is 0 Å². The number of benzene rings is 1. The Morgan fingerprint density at radius 2 is 1.83 bits per heavy atom. The number of rotatable bonds is 2. The highest BCUT2D eigenvalue weighted by Gasteiger charge is 2.51. The molecule has 1 aromatic carbocycles. The summed E-state index contributed by atoms with van der Waals surface area (Å²) in [5, 5.41) is 42.8. The lowest BCUT2D eigenvalue weighted by atomic mass is 9.88. The molecule has 0 fully saturated rings. The zero-order valence-corrected chi connectivity index (χ0v) is 12.3. The smallest absolute Gasteiger partial charge is 0.336 e. The predicted octanol–water partition coefficient (Wildman–Crippen LogP) is 0.659. The minimum Gasteiger partial charge on any atom is -0.481 e. The third kappa shape index (κ3) is 1.69. The molecule has 0 amide bonds. The van der Waals surface area contributed by atoms with Gasteiger partial charge in [-0.3, -0.25) is 4.79 Å². The van der Waals surface area contributed by atoms with Gasteiger partial charge in [-0.25, -0.2) is 14.8 Å². The molecule has 3 unspecified atom stereocenters. The van der Waals surface area contributed by atoms with Gasteiger partial charge in [-0.15, -0.1) is 0 Å². The Hall–Kier alpha value is -2.84. The van der Waals surface area contributed by atoms with Crippen molar-refractivity contribution in [1.82, 2.24) is 5.01 Å². The first-order valence-corrected chi connectivity index (χ1v) is 7.37. The summed E-state index contributed by atoms with van der Waals surface area (Å²) >= 11 is 0. The number of carboxylic acid groups (broad SMARTS) is 2. The van der Waals surface area contributed by atoms with Gasteiger partial charge in [-0.2, -0.15) is 0 Å². The fourth-order valence-corrected chi connectivity index (χ4v) is 3.67. The van der Waals surface area contributed by atoms with Crippen molar-refractivity contribution in [2.24, 2.45) is 5.92 Å². The number of hydrogen-bond donors (Lipinski definition) is 4. The Bertz CT molecular complexity index is 830. The largest absolute Gasteiger partial charge is 0.481 e. The van der Waals surface area contributed by atoms with E-state index in [0.717, 1.165) is 0 Å². The molecular formula is C16H14N2O6. The highest BCUT2D eigenvalue weighted by molar-refractivity contribution is 5.92. The molecule has 0 saturated carbocycles. The highest BCUT2D eigenvalue weighted by Crippen LogP contribution is 2.51. The number of carbonyl (C=O) groups is 2. The van der Waals surface area contributed by atoms with Crippen LogP contribution in [0.2, 0.25) is 0 Å². The van der Waals surface area contributed by atoms with Gasteiger partial charge >= 0.3 is 11.9 Å². The third-order valence-corrected chi connectivity index (χ3v) is 4.66. The van der Waals surface area contributed by atoms with Crippen molar-refractivity contribution in [1.29, 1.82) is 0 Å². The van der Waals surface area contributed by atoms with Crippen LogP contribution in [0.1, 0.15) is 28.6 Å². The number of aromatic carboxylic acids is 1. The number of anilines is 1. The summed E-state index contributed by atoms with van der Waals surface area (Å²) in [6.45, 7) is 0. The zero-order valence-electron chi connectivity index (χ0n) is 12.3. The van der Waals surface area contributed by atoms with Crippen LogP contribution >= 0.6 is 0 Å². The van der Waals surface area contributed by atoms with E-state index in [4.69, 9.17) is 0 Å². The first-order chi connectivity index (χ1) is 11.4. The maximum absolute atomic E-state index is 11.5. The summed E-state index contributed by atoms with van der Waals surface area (Å²) in [7, 11) is 0. The van der Waals surface area contributed by atoms with Crippen LogP contribution < -0.4 is 5.01 Å². The van der Waals surface area contributed by atoms with Crippen LogP contribution in [0.15, 0.2) is 41.6 Å². The minimum absolute atomic E-state index is 0.0571. The van der Waals surface area contributed by atoms with Gasteiger partial charge in [-0.05, 0) is 24.6 Å². The summed E-state index contributed by atoms with van der Waals surface area (Å²) in [5.41, 5.74) is 1.17. The molecule has 124 valence electrons. The lowest BCUT2D eigenvalue weighted by molar-refractivity contribution is -0.140. The van der Waals surface area contributed by atoms with Gasteiger partial charge in [0.15, 0.2) is 12.5 Å². The number of aliphatic hydroxyl groups is 2. The summed E-state index contributed by atoms with van der Waals surface area (Å²) in [5.74, 6) is -3.12.